The Morgan fingerprint density at radius 3 is 2.70 bits per heavy atom. The average Bonchev–Trinajstić information content (AvgIpc) is 3.46. The quantitative estimate of drug-likeness (QED) is 0.291. The highest BCUT2D eigenvalue weighted by Gasteiger charge is 2.46. The fourth-order valence-electron chi connectivity index (χ4n) is 4.28. The first kappa shape index (κ1) is 26.5. The molecule has 0 aromatic heterocycles. The number of cyclic esters (lactones) is 1. The van der Waals surface area contributed by atoms with E-state index in [-0.39, 0.29) is 44.4 Å². The van der Waals surface area contributed by atoms with Crippen LogP contribution in [0.5, 0.6) is 0 Å². The van der Waals surface area contributed by atoms with Gasteiger partial charge >= 0.3 is 17.9 Å². The molecule has 2 heterocycles. The van der Waals surface area contributed by atoms with Gasteiger partial charge in [-0.1, -0.05) is 32.0 Å². The number of hydrogen-bond acceptors (Lipinski definition) is 10. The maximum Gasteiger partial charge on any atom is 0.348 e. The Morgan fingerprint density at radius 2 is 1.97 bits per heavy atom. The Kier molecular flexibility index (Phi) is 8.06. The lowest BCUT2D eigenvalue weighted by atomic mass is 9.90. The van der Waals surface area contributed by atoms with Gasteiger partial charge in [0.15, 0.2) is 0 Å². The van der Waals surface area contributed by atoms with E-state index in [2.05, 4.69) is 5.32 Å². The predicted molar refractivity (Wildman–Crippen MR) is 127 cm³/mol. The Labute approximate surface area is 213 Å². The molecule has 2 saturated heterocycles. The number of nitrogens with one attached hydrogen (secondary N) is 1. The molecule has 4 unspecified atom stereocenters. The van der Waals surface area contributed by atoms with Crippen LogP contribution in [0.3, 0.4) is 0 Å². The van der Waals surface area contributed by atoms with Gasteiger partial charge in [0.25, 0.3) is 0 Å². The van der Waals surface area contributed by atoms with E-state index in [1.165, 1.54) is 6.08 Å². The summed E-state index contributed by atoms with van der Waals surface area (Å²) in [6, 6.07) is 6.51. The van der Waals surface area contributed by atoms with Gasteiger partial charge < -0.3 is 34.1 Å². The van der Waals surface area contributed by atoms with Crippen molar-refractivity contribution in [3.8, 4) is 0 Å². The summed E-state index contributed by atoms with van der Waals surface area (Å²) in [5.74, 6) is -2.42. The zero-order valence-electron chi connectivity index (χ0n) is 20.5. The van der Waals surface area contributed by atoms with Crippen molar-refractivity contribution in [2.75, 3.05) is 26.6 Å². The molecule has 1 amide bonds. The molecule has 37 heavy (non-hydrogen) atoms. The molecular weight excluding hydrogens is 486 g/mol. The summed E-state index contributed by atoms with van der Waals surface area (Å²) < 4.78 is 27.1. The number of rotatable bonds is 8. The van der Waals surface area contributed by atoms with Crippen LogP contribution in [0.2, 0.25) is 0 Å². The van der Waals surface area contributed by atoms with E-state index in [1.54, 1.807) is 44.2 Å². The number of ether oxygens (including phenoxy) is 5. The first-order valence-electron chi connectivity index (χ1n) is 11.9. The van der Waals surface area contributed by atoms with Gasteiger partial charge in [0, 0.05) is 30.0 Å². The fraction of sp³-hybridized carbons (Fsp3) is 0.462. The van der Waals surface area contributed by atoms with Crippen LogP contribution >= 0.6 is 0 Å². The van der Waals surface area contributed by atoms with Crippen molar-refractivity contribution in [3.63, 3.8) is 0 Å². The molecule has 4 rings (SSSR count). The van der Waals surface area contributed by atoms with E-state index in [0.29, 0.717) is 11.1 Å². The van der Waals surface area contributed by atoms with E-state index >= 15 is 0 Å². The van der Waals surface area contributed by atoms with Crippen molar-refractivity contribution in [1.29, 1.82) is 0 Å². The molecule has 0 spiro atoms. The number of hydrogen-bond donors (Lipinski definition) is 2. The Morgan fingerprint density at radius 1 is 1.19 bits per heavy atom. The van der Waals surface area contributed by atoms with Crippen molar-refractivity contribution in [3.05, 3.63) is 53.1 Å². The number of carbonyl (C=O) groups excluding carboxylic acids is 4. The zero-order chi connectivity index (χ0) is 26.6. The van der Waals surface area contributed by atoms with Crippen LogP contribution in [0.15, 0.2) is 42.0 Å². The molecule has 3 aliphatic rings. The fourth-order valence-corrected chi connectivity index (χ4v) is 4.28. The third kappa shape index (κ3) is 6.07. The Bertz CT molecular complexity index is 1120. The number of aliphatic hydroxyl groups excluding tert-OH is 1. The maximum absolute atomic E-state index is 13.1. The first-order chi connectivity index (χ1) is 17.7. The van der Waals surface area contributed by atoms with Crippen LogP contribution in [0.4, 0.5) is 0 Å². The molecule has 4 atom stereocenters. The number of carbonyl (C=O) groups is 4. The monoisotopic (exact) mass is 515 g/mol. The van der Waals surface area contributed by atoms with Gasteiger partial charge in [0.1, 0.15) is 31.7 Å². The second kappa shape index (κ2) is 11.2. The lowest BCUT2D eigenvalue weighted by molar-refractivity contribution is -0.159. The lowest BCUT2D eigenvalue weighted by Gasteiger charge is -2.30. The van der Waals surface area contributed by atoms with Crippen LogP contribution < -0.4 is 5.32 Å². The maximum atomic E-state index is 13.1. The summed E-state index contributed by atoms with van der Waals surface area (Å²) in [6.07, 6.45) is 1.32. The van der Waals surface area contributed by atoms with Crippen LogP contribution in [-0.4, -0.2) is 79.9 Å². The molecule has 2 aliphatic heterocycles. The minimum absolute atomic E-state index is 0.00178. The molecular formula is C26H29NO10. The second-order valence-electron chi connectivity index (χ2n) is 9.53. The van der Waals surface area contributed by atoms with Crippen LogP contribution in [0.25, 0.3) is 6.08 Å². The molecule has 0 saturated carbocycles. The number of fused-ring (bicyclic) bond motifs is 1. The minimum Gasteiger partial charge on any atom is -0.462 e. The molecule has 11 nitrogen and oxygen atoms in total. The Hall–Kier alpha value is -3.54. The van der Waals surface area contributed by atoms with E-state index in [0.717, 1.165) is 6.08 Å². The smallest absolute Gasteiger partial charge is 0.348 e. The van der Waals surface area contributed by atoms with Gasteiger partial charge in [-0.3, -0.25) is 4.79 Å². The topological polar surface area (TPSA) is 147 Å². The predicted octanol–water partition coefficient (Wildman–Crippen LogP) is 0.900. The third-order valence-electron chi connectivity index (χ3n) is 6.27. The highest BCUT2D eigenvalue weighted by Crippen LogP contribution is 2.32. The standard InChI is InChI=1S/C26H29NO10/c1-26(2)13-33-25(32)22(26)37-20(29)8-7-15-5-3-4-6-17(15)24(31)36-19-12-16(23(30)27-9-10-28)11-18-21(19)35-14-34-18/h3-8,11,18-19,21-22,28H,9-10,12-14H2,1-2H3,(H,27,30). The van der Waals surface area contributed by atoms with Crippen molar-refractivity contribution in [2.45, 2.75) is 44.7 Å². The average molecular weight is 516 g/mol. The van der Waals surface area contributed by atoms with E-state index in [1.807, 2.05) is 0 Å². The van der Waals surface area contributed by atoms with Gasteiger partial charge in [-0.2, -0.15) is 0 Å². The number of aliphatic hydroxyl groups is 1. The molecule has 1 aliphatic carbocycles. The lowest BCUT2D eigenvalue weighted by Crippen LogP contribution is -2.43. The zero-order valence-corrected chi connectivity index (χ0v) is 20.5. The van der Waals surface area contributed by atoms with Gasteiger partial charge in [-0.05, 0) is 23.8 Å². The van der Waals surface area contributed by atoms with Crippen molar-refractivity contribution in [1.82, 2.24) is 5.32 Å². The molecule has 0 bridgehead atoms. The van der Waals surface area contributed by atoms with Crippen LogP contribution in [-0.2, 0) is 38.1 Å². The van der Waals surface area contributed by atoms with Gasteiger partial charge in [-0.15, -0.1) is 0 Å². The normalized spacial score (nSPS) is 26.2. The summed E-state index contributed by atoms with van der Waals surface area (Å²) in [7, 11) is 0. The van der Waals surface area contributed by atoms with Gasteiger partial charge in [-0.25, -0.2) is 14.4 Å². The van der Waals surface area contributed by atoms with Crippen molar-refractivity contribution in [2.24, 2.45) is 5.41 Å². The molecule has 11 heteroatoms. The summed E-state index contributed by atoms with van der Waals surface area (Å²) in [4.78, 5) is 49.8. The molecule has 1 aromatic rings. The van der Waals surface area contributed by atoms with Gasteiger partial charge in [0.2, 0.25) is 12.0 Å². The number of benzene rings is 1. The van der Waals surface area contributed by atoms with E-state index < -0.39 is 47.7 Å². The number of esters is 3. The molecule has 2 N–H and O–H groups in total. The summed E-state index contributed by atoms with van der Waals surface area (Å²) in [5, 5.41) is 11.5. The molecule has 2 fully saturated rings. The highest BCUT2D eigenvalue weighted by atomic mass is 16.7. The molecule has 1 aromatic carbocycles. The van der Waals surface area contributed by atoms with Crippen LogP contribution in [0, 0.1) is 5.41 Å². The minimum atomic E-state index is -1.02. The Balaban J connectivity index is 1.45. The van der Waals surface area contributed by atoms with Crippen molar-refractivity contribution < 1.29 is 48.0 Å². The molecule has 0 radical (unpaired) electrons. The summed E-state index contributed by atoms with van der Waals surface area (Å²) in [6.45, 7) is 3.56. The number of amides is 1. The third-order valence-corrected chi connectivity index (χ3v) is 6.27. The highest BCUT2D eigenvalue weighted by molar-refractivity contribution is 5.97. The SMILES string of the molecule is CC1(C)COC(=O)C1OC(=O)C=Cc1ccccc1C(=O)OC1CC(C(=O)NCCO)=CC2OCOC21. The van der Waals surface area contributed by atoms with E-state index in [9.17, 15) is 19.2 Å². The largest absolute Gasteiger partial charge is 0.462 e. The first-order valence-corrected chi connectivity index (χ1v) is 11.9. The second-order valence-corrected chi connectivity index (χ2v) is 9.53. The summed E-state index contributed by atoms with van der Waals surface area (Å²) in [5.41, 5.74) is 0.296. The van der Waals surface area contributed by atoms with Crippen LogP contribution in [0.1, 0.15) is 36.2 Å². The van der Waals surface area contributed by atoms with Gasteiger partial charge in [0.05, 0.1) is 12.2 Å². The molecule has 198 valence electrons. The summed E-state index contributed by atoms with van der Waals surface area (Å²) >= 11 is 0. The van der Waals surface area contributed by atoms with E-state index in [4.69, 9.17) is 28.8 Å². The van der Waals surface area contributed by atoms with Crippen molar-refractivity contribution >= 4 is 29.9 Å².